The fourth-order valence-corrected chi connectivity index (χ4v) is 2.29. The topological polar surface area (TPSA) is 29.3 Å². The summed E-state index contributed by atoms with van der Waals surface area (Å²) in [6, 6.07) is 5.75. The van der Waals surface area contributed by atoms with E-state index < -0.39 is 0 Å². The van der Waals surface area contributed by atoms with E-state index in [9.17, 15) is 4.39 Å². The van der Waals surface area contributed by atoms with Crippen LogP contribution < -0.4 is 5.73 Å². The molecular weight excluding hydrogens is 227 g/mol. The van der Waals surface area contributed by atoms with Crippen molar-refractivity contribution in [1.29, 1.82) is 0 Å². The Kier molecular flexibility index (Phi) is 5.76. The number of nitrogens with zero attached hydrogens (tertiary/aromatic N) is 1. The zero-order valence-corrected chi connectivity index (χ0v) is 11.9. The summed E-state index contributed by atoms with van der Waals surface area (Å²) in [6.45, 7) is 7.81. The van der Waals surface area contributed by atoms with Crippen molar-refractivity contribution in [3.63, 3.8) is 0 Å². The first-order valence-corrected chi connectivity index (χ1v) is 6.61. The Labute approximate surface area is 110 Å². The fourth-order valence-electron chi connectivity index (χ4n) is 2.29. The molecule has 0 fully saturated rings. The minimum atomic E-state index is -0.130. The van der Waals surface area contributed by atoms with Gasteiger partial charge in [-0.05, 0) is 43.5 Å². The normalized spacial score (nSPS) is 13.3. The Morgan fingerprint density at radius 2 is 2.00 bits per heavy atom. The molecule has 1 aromatic rings. The molecule has 1 atom stereocenters. The maximum atomic E-state index is 13.2. The number of benzene rings is 1. The summed E-state index contributed by atoms with van der Waals surface area (Å²) in [6.07, 6.45) is 0.931. The first-order valence-electron chi connectivity index (χ1n) is 6.61. The molecule has 0 amide bonds. The van der Waals surface area contributed by atoms with Gasteiger partial charge in [-0.3, -0.25) is 0 Å². The van der Waals surface area contributed by atoms with Gasteiger partial charge in [0, 0.05) is 19.1 Å². The Bertz CT molecular complexity index is 377. The van der Waals surface area contributed by atoms with Gasteiger partial charge in [0.15, 0.2) is 0 Å². The lowest BCUT2D eigenvalue weighted by molar-refractivity contribution is 0.199. The van der Waals surface area contributed by atoms with Crippen LogP contribution in [0, 0.1) is 18.7 Å². The van der Waals surface area contributed by atoms with Crippen LogP contribution in [0.5, 0.6) is 0 Å². The van der Waals surface area contributed by atoms with E-state index in [1.54, 1.807) is 13.0 Å². The molecule has 1 aromatic carbocycles. The van der Waals surface area contributed by atoms with E-state index in [0.717, 1.165) is 18.5 Å². The van der Waals surface area contributed by atoms with Crippen LogP contribution in [0.3, 0.4) is 0 Å². The SMILES string of the molecule is Cc1cc(CCN(C)C(CN)C(C)C)ccc1F. The second-order valence-corrected chi connectivity index (χ2v) is 5.36. The van der Waals surface area contributed by atoms with Crippen LogP contribution in [0.4, 0.5) is 4.39 Å². The van der Waals surface area contributed by atoms with Crippen molar-refractivity contribution in [2.24, 2.45) is 11.7 Å². The van der Waals surface area contributed by atoms with E-state index in [1.165, 1.54) is 5.56 Å². The summed E-state index contributed by atoms with van der Waals surface area (Å²) >= 11 is 0. The second-order valence-electron chi connectivity index (χ2n) is 5.36. The molecule has 0 aliphatic rings. The molecule has 0 aliphatic carbocycles. The first kappa shape index (κ1) is 15.1. The molecule has 0 aliphatic heterocycles. The Morgan fingerprint density at radius 3 is 2.50 bits per heavy atom. The van der Waals surface area contributed by atoms with Gasteiger partial charge < -0.3 is 10.6 Å². The summed E-state index contributed by atoms with van der Waals surface area (Å²) < 4.78 is 13.2. The van der Waals surface area contributed by atoms with Crippen LogP contribution >= 0.6 is 0 Å². The van der Waals surface area contributed by atoms with Crippen LogP contribution in [0.15, 0.2) is 18.2 Å². The van der Waals surface area contributed by atoms with Crippen molar-refractivity contribution in [1.82, 2.24) is 4.90 Å². The van der Waals surface area contributed by atoms with Gasteiger partial charge in [0.2, 0.25) is 0 Å². The van der Waals surface area contributed by atoms with Gasteiger partial charge in [-0.2, -0.15) is 0 Å². The van der Waals surface area contributed by atoms with Gasteiger partial charge in [-0.1, -0.05) is 26.0 Å². The van der Waals surface area contributed by atoms with Gasteiger partial charge in [0.25, 0.3) is 0 Å². The third kappa shape index (κ3) is 4.07. The molecule has 1 rings (SSSR count). The fraction of sp³-hybridized carbons (Fsp3) is 0.600. The number of rotatable bonds is 6. The first-order chi connectivity index (χ1) is 8.45. The van der Waals surface area contributed by atoms with Gasteiger partial charge in [0.1, 0.15) is 5.82 Å². The largest absolute Gasteiger partial charge is 0.329 e. The molecule has 2 nitrogen and oxygen atoms in total. The van der Waals surface area contributed by atoms with Crippen molar-refractivity contribution in [2.75, 3.05) is 20.1 Å². The molecule has 0 spiro atoms. The monoisotopic (exact) mass is 252 g/mol. The molecule has 102 valence electrons. The Balaban J connectivity index is 2.56. The van der Waals surface area contributed by atoms with Crippen LogP contribution in [-0.4, -0.2) is 31.1 Å². The lowest BCUT2D eigenvalue weighted by Crippen LogP contribution is -2.42. The van der Waals surface area contributed by atoms with Crippen molar-refractivity contribution < 1.29 is 4.39 Å². The lowest BCUT2D eigenvalue weighted by atomic mass is 10.0. The van der Waals surface area contributed by atoms with E-state index in [1.807, 2.05) is 12.1 Å². The van der Waals surface area contributed by atoms with E-state index >= 15 is 0 Å². The van der Waals surface area contributed by atoms with E-state index in [-0.39, 0.29) is 5.82 Å². The number of nitrogens with two attached hydrogens (primary N) is 1. The standard InChI is InChI=1S/C15H25FN2/c1-11(2)15(10-17)18(4)8-7-13-5-6-14(16)12(3)9-13/h5-6,9,11,15H,7-8,10,17H2,1-4H3. The number of likely N-dealkylation sites (N-methyl/N-ethyl adjacent to an activating group) is 1. The highest BCUT2D eigenvalue weighted by molar-refractivity contribution is 5.24. The van der Waals surface area contributed by atoms with E-state index in [2.05, 4.69) is 25.8 Å². The number of hydrogen-bond acceptors (Lipinski definition) is 2. The maximum Gasteiger partial charge on any atom is 0.126 e. The van der Waals surface area contributed by atoms with Crippen LogP contribution in [-0.2, 0) is 6.42 Å². The molecule has 0 heterocycles. The van der Waals surface area contributed by atoms with Crippen LogP contribution in [0.25, 0.3) is 0 Å². The molecule has 18 heavy (non-hydrogen) atoms. The third-order valence-corrected chi connectivity index (χ3v) is 3.55. The van der Waals surface area contributed by atoms with Crippen molar-refractivity contribution >= 4 is 0 Å². The second kappa shape index (κ2) is 6.86. The third-order valence-electron chi connectivity index (χ3n) is 3.55. The molecule has 0 bridgehead atoms. The average Bonchev–Trinajstić information content (AvgIpc) is 2.31. The van der Waals surface area contributed by atoms with E-state index in [0.29, 0.717) is 18.5 Å². The molecule has 0 aromatic heterocycles. The maximum absolute atomic E-state index is 13.2. The van der Waals surface area contributed by atoms with Crippen LogP contribution in [0.1, 0.15) is 25.0 Å². The summed E-state index contributed by atoms with van der Waals surface area (Å²) in [5.74, 6) is 0.420. The van der Waals surface area contributed by atoms with Gasteiger partial charge in [-0.15, -0.1) is 0 Å². The molecule has 3 heteroatoms. The minimum Gasteiger partial charge on any atom is -0.329 e. The summed E-state index contributed by atoms with van der Waals surface area (Å²) in [5, 5.41) is 0. The number of halogens is 1. The minimum absolute atomic E-state index is 0.130. The van der Waals surface area contributed by atoms with Gasteiger partial charge in [-0.25, -0.2) is 4.39 Å². The summed E-state index contributed by atoms with van der Waals surface area (Å²) in [4.78, 5) is 2.29. The highest BCUT2D eigenvalue weighted by Crippen LogP contribution is 2.12. The van der Waals surface area contributed by atoms with Crippen molar-refractivity contribution in [3.05, 3.63) is 35.1 Å². The number of hydrogen-bond donors (Lipinski definition) is 1. The predicted octanol–water partition coefficient (Wildman–Crippen LogP) is 2.59. The van der Waals surface area contributed by atoms with Crippen molar-refractivity contribution in [2.45, 2.75) is 33.2 Å². The molecule has 1 unspecified atom stereocenters. The molecule has 0 saturated carbocycles. The Hall–Kier alpha value is -0.930. The average molecular weight is 252 g/mol. The lowest BCUT2D eigenvalue weighted by Gasteiger charge is -2.30. The molecular formula is C15H25FN2. The predicted molar refractivity (Wildman–Crippen MR) is 75.2 cm³/mol. The summed E-state index contributed by atoms with van der Waals surface area (Å²) in [7, 11) is 2.11. The molecule has 0 radical (unpaired) electrons. The number of aryl methyl sites for hydroxylation is 1. The van der Waals surface area contributed by atoms with Crippen molar-refractivity contribution in [3.8, 4) is 0 Å². The van der Waals surface area contributed by atoms with Gasteiger partial charge >= 0.3 is 0 Å². The quantitative estimate of drug-likeness (QED) is 0.843. The Morgan fingerprint density at radius 1 is 1.33 bits per heavy atom. The van der Waals surface area contributed by atoms with E-state index in [4.69, 9.17) is 5.73 Å². The smallest absolute Gasteiger partial charge is 0.126 e. The zero-order chi connectivity index (χ0) is 13.7. The van der Waals surface area contributed by atoms with Gasteiger partial charge in [0.05, 0.1) is 0 Å². The molecule has 0 saturated heterocycles. The zero-order valence-electron chi connectivity index (χ0n) is 11.9. The summed E-state index contributed by atoms with van der Waals surface area (Å²) in [5.41, 5.74) is 7.69. The molecule has 2 N–H and O–H groups in total. The highest BCUT2D eigenvalue weighted by atomic mass is 19.1. The van der Waals surface area contributed by atoms with Crippen LogP contribution in [0.2, 0.25) is 0 Å². The highest BCUT2D eigenvalue weighted by Gasteiger charge is 2.16.